The van der Waals surface area contributed by atoms with Gasteiger partial charge in [0, 0.05) is 18.5 Å². The first-order chi connectivity index (χ1) is 9.53. The lowest BCUT2D eigenvalue weighted by atomic mass is 10.4. The molecule has 8 heteroatoms. The zero-order chi connectivity index (χ0) is 14.6. The second kappa shape index (κ2) is 5.74. The van der Waals surface area contributed by atoms with Crippen LogP contribution in [0.1, 0.15) is 6.92 Å². The van der Waals surface area contributed by atoms with Crippen molar-refractivity contribution in [3.63, 3.8) is 0 Å². The molecule has 0 bridgehead atoms. The number of sulfonamides is 1. The van der Waals surface area contributed by atoms with Crippen molar-refractivity contribution in [2.75, 3.05) is 17.1 Å². The molecule has 7 nitrogen and oxygen atoms in total. The molecule has 2 aromatic heterocycles. The Labute approximate surface area is 116 Å². The van der Waals surface area contributed by atoms with E-state index in [1.54, 1.807) is 12.1 Å². The van der Waals surface area contributed by atoms with Crippen molar-refractivity contribution < 1.29 is 13.2 Å². The highest BCUT2D eigenvalue weighted by Gasteiger charge is 2.17. The lowest BCUT2D eigenvalue weighted by Gasteiger charge is -2.09. The highest BCUT2D eigenvalue weighted by Crippen LogP contribution is 2.20. The van der Waals surface area contributed by atoms with Crippen LogP contribution in [0.5, 0.6) is 5.88 Å². The summed E-state index contributed by atoms with van der Waals surface area (Å²) in [4.78, 5) is 7.65. The van der Waals surface area contributed by atoms with Crippen LogP contribution in [0.25, 0.3) is 0 Å². The molecule has 0 radical (unpaired) electrons. The minimum atomic E-state index is -3.79. The van der Waals surface area contributed by atoms with E-state index in [2.05, 4.69) is 14.7 Å². The van der Waals surface area contributed by atoms with Crippen molar-refractivity contribution in [2.24, 2.45) is 0 Å². The van der Waals surface area contributed by atoms with Crippen molar-refractivity contribution in [3.8, 4) is 5.88 Å². The Kier molecular flexibility index (Phi) is 4.04. The molecule has 0 aliphatic carbocycles. The van der Waals surface area contributed by atoms with Gasteiger partial charge in [-0.05, 0) is 19.1 Å². The number of ether oxygens (including phenoxy) is 1. The van der Waals surface area contributed by atoms with Crippen LogP contribution < -0.4 is 15.2 Å². The number of hydrogen-bond donors (Lipinski definition) is 2. The number of nitrogens with zero attached hydrogens (tertiary/aromatic N) is 2. The quantitative estimate of drug-likeness (QED) is 0.859. The van der Waals surface area contributed by atoms with Gasteiger partial charge in [0.2, 0.25) is 5.88 Å². The Morgan fingerprint density at radius 1 is 1.30 bits per heavy atom. The van der Waals surface area contributed by atoms with E-state index in [4.69, 9.17) is 10.5 Å². The van der Waals surface area contributed by atoms with Crippen LogP contribution in [-0.4, -0.2) is 25.0 Å². The van der Waals surface area contributed by atoms with Crippen LogP contribution in [-0.2, 0) is 10.0 Å². The molecule has 0 saturated heterocycles. The van der Waals surface area contributed by atoms with E-state index in [9.17, 15) is 8.42 Å². The first-order valence-corrected chi connectivity index (χ1v) is 7.32. The van der Waals surface area contributed by atoms with Crippen LogP contribution in [0.15, 0.2) is 41.7 Å². The molecule has 0 aromatic carbocycles. The molecule has 0 spiro atoms. The third kappa shape index (κ3) is 3.15. The van der Waals surface area contributed by atoms with E-state index in [1.807, 2.05) is 6.92 Å². The Morgan fingerprint density at radius 3 is 2.70 bits per heavy atom. The van der Waals surface area contributed by atoms with Crippen LogP contribution in [0.3, 0.4) is 0 Å². The van der Waals surface area contributed by atoms with Gasteiger partial charge in [0.25, 0.3) is 10.0 Å². The van der Waals surface area contributed by atoms with Gasteiger partial charge in [-0.2, -0.15) is 0 Å². The van der Waals surface area contributed by atoms with E-state index in [0.717, 1.165) is 0 Å². The van der Waals surface area contributed by atoms with E-state index < -0.39 is 10.0 Å². The third-order valence-electron chi connectivity index (χ3n) is 2.39. The molecular formula is C12H14N4O3S. The first kappa shape index (κ1) is 14.1. The molecule has 0 fully saturated rings. The number of pyridine rings is 2. The normalized spacial score (nSPS) is 11.1. The van der Waals surface area contributed by atoms with Crippen LogP contribution in [0.4, 0.5) is 11.4 Å². The van der Waals surface area contributed by atoms with E-state index in [1.165, 1.54) is 24.7 Å². The number of nitrogens with one attached hydrogen (secondary N) is 1. The number of aromatic nitrogens is 2. The molecule has 3 N–H and O–H groups in total. The number of nitrogen functional groups attached to an aromatic ring is 1. The summed E-state index contributed by atoms with van der Waals surface area (Å²) >= 11 is 0. The van der Waals surface area contributed by atoms with Gasteiger partial charge in [-0.1, -0.05) is 0 Å². The fourth-order valence-corrected chi connectivity index (χ4v) is 2.62. The minimum absolute atomic E-state index is 0.0751. The second-order valence-corrected chi connectivity index (χ2v) is 5.49. The molecule has 106 valence electrons. The lowest BCUT2D eigenvalue weighted by Crippen LogP contribution is -2.15. The van der Waals surface area contributed by atoms with Gasteiger partial charge in [0.15, 0.2) is 0 Å². The molecule has 0 atom stereocenters. The Balaban J connectivity index is 2.22. The molecule has 0 aliphatic heterocycles. The Hall–Kier alpha value is -2.35. The predicted octanol–water partition coefficient (Wildman–Crippen LogP) is 1.26. The van der Waals surface area contributed by atoms with Crippen LogP contribution >= 0.6 is 0 Å². The van der Waals surface area contributed by atoms with E-state index >= 15 is 0 Å². The van der Waals surface area contributed by atoms with Crippen LogP contribution in [0, 0.1) is 0 Å². The summed E-state index contributed by atoms with van der Waals surface area (Å²) < 4.78 is 31.8. The fraction of sp³-hybridized carbons (Fsp3) is 0.167. The van der Waals surface area contributed by atoms with Gasteiger partial charge in [-0.3, -0.25) is 9.71 Å². The van der Waals surface area contributed by atoms with E-state index in [-0.39, 0.29) is 10.6 Å². The van der Waals surface area contributed by atoms with Gasteiger partial charge in [-0.15, -0.1) is 0 Å². The summed E-state index contributed by atoms with van der Waals surface area (Å²) in [5.74, 6) is 0.427. The van der Waals surface area contributed by atoms with Gasteiger partial charge < -0.3 is 10.5 Å². The SMILES string of the molecule is CCOc1ccc(NS(=O)(=O)c2cnccc2N)cn1. The molecule has 0 aliphatic rings. The molecule has 20 heavy (non-hydrogen) atoms. The first-order valence-electron chi connectivity index (χ1n) is 5.84. The minimum Gasteiger partial charge on any atom is -0.478 e. The Morgan fingerprint density at radius 2 is 2.10 bits per heavy atom. The fourth-order valence-electron chi connectivity index (χ4n) is 1.50. The smallest absolute Gasteiger partial charge is 0.265 e. The molecule has 2 heterocycles. The maximum Gasteiger partial charge on any atom is 0.265 e. The number of nitrogens with two attached hydrogens (primary N) is 1. The molecule has 2 rings (SSSR count). The van der Waals surface area contributed by atoms with Gasteiger partial charge in [-0.25, -0.2) is 13.4 Å². The standard InChI is InChI=1S/C12H14N4O3S/c1-2-19-12-4-3-9(7-15-12)16-20(17,18)11-8-14-6-5-10(11)13/h3-8,16H,2H2,1H3,(H2,13,14). The number of rotatable bonds is 5. The predicted molar refractivity (Wildman–Crippen MR) is 74.9 cm³/mol. The average molecular weight is 294 g/mol. The zero-order valence-corrected chi connectivity index (χ0v) is 11.6. The zero-order valence-electron chi connectivity index (χ0n) is 10.8. The topological polar surface area (TPSA) is 107 Å². The van der Waals surface area contributed by atoms with Crippen molar-refractivity contribution in [1.82, 2.24) is 9.97 Å². The summed E-state index contributed by atoms with van der Waals surface area (Å²) in [5, 5.41) is 0. The lowest BCUT2D eigenvalue weighted by molar-refractivity contribution is 0.327. The van der Waals surface area contributed by atoms with Crippen molar-refractivity contribution in [1.29, 1.82) is 0 Å². The largest absolute Gasteiger partial charge is 0.478 e. The maximum atomic E-state index is 12.1. The number of anilines is 2. The molecule has 0 amide bonds. The average Bonchev–Trinajstić information content (AvgIpc) is 2.41. The highest BCUT2D eigenvalue weighted by molar-refractivity contribution is 7.92. The van der Waals surface area contributed by atoms with E-state index in [0.29, 0.717) is 18.2 Å². The summed E-state index contributed by atoms with van der Waals surface area (Å²) in [6.45, 7) is 2.33. The third-order valence-corrected chi connectivity index (χ3v) is 3.81. The molecule has 2 aromatic rings. The summed E-state index contributed by atoms with van der Waals surface area (Å²) in [6, 6.07) is 4.56. The molecule has 0 saturated carbocycles. The Bertz CT molecular complexity index is 686. The van der Waals surface area contributed by atoms with Gasteiger partial charge in [0.1, 0.15) is 4.90 Å². The van der Waals surface area contributed by atoms with Crippen molar-refractivity contribution >= 4 is 21.4 Å². The molecular weight excluding hydrogens is 280 g/mol. The summed E-state index contributed by atoms with van der Waals surface area (Å²) in [6.07, 6.45) is 3.99. The number of hydrogen-bond acceptors (Lipinski definition) is 6. The molecule has 0 unspecified atom stereocenters. The summed E-state index contributed by atoms with van der Waals surface area (Å²) in [5.41, 5.74) is 6.08. The summed E-state index contributed by atoms with van der Waals surface area (Å²) in [7, 11) is -3.79. The van der Waals surface area contributed by atoms with Gasteiger partial charge >= 0.3 is 0 Å². The second-order valence-electron chi connectivity index (χ2n) is 3.84. The highest BCUT2D eigenvalue weighted by atomic mass is 32.2. The van der Waals surface area contributed by atoms with Crippen molar-refractivity contribution in [3.05, 3.63) is 36.8 Å². The maximum absolute atomic E-state index is 12.1. The van der Waals surface area contributed by atoms with Crippen LogP contribution in [0.2, 0.25) is 0 Å². The monoisotopic (exact) mass is 294 g/mol. The van der Waals surface area contributed by atoms with Gasteiger partial charge in [0.05, 0.1) is 24.2 Å². The van der Waals surface area contributed by atoms with Crippen molar-refractivity contribution in [2.45, 2.75) is 11.8 Å².